The molecule has 0 bridgehead atoms. The van der Waals surface area contributed by atoms with E-state index in [-0.39, 0.29) is 10.9 Å². The minimum atomic E-state index is -3.29. The Morgan fingerprint density at radius 1 is 1.23 bits per heavy atom. The molecular formula is C16H22N2O3S. The van der Waals surface area contributed by atoms with E-state index in [0.29, 0.717) is 23.1 Å². The molecule has 6 heteroatoms. The fourth-order valence-corrected chi connectivity index (χ4v) is 4.67. The van der Waals surface area contributed by atoms with Crippen LogP contribution in [0.2, 0.25) is 0 Å². The van der Waals surface area contributed by atoms with E-state index in [1.54, 1.807) is 25.1 Å². The molecule has 3 rings (SSSR count). The van der Waals surface area contributed by atoms with Crippen LogP contribution in [0.15, 0.2) is 23.1 Å². The number of nitrogens with one attached hydrogen (secondary N) is 1. The van der Waals surface area contributed by atoms with Crippen LogP contribution < -0.4 is 5.32 Å². The highest BCUT2D eigenvalue weighted by atomic mass is 32.2. The molecule has 2 amide bonds. The van der Waals surface area contributed by atoms with E-state index in [9.17, 15) is 13.2 Å². The van der Waals surface area contributed by atoms with Gasteiger partial charge in [0.05, 0.1) is 4.90 Å². The van der Waals surface area contributed by atoms with Gasteiger partial charge in [-0.3, -0.25) is 0 Å². The van der Waals surface area contributed by atoms with Gasteiger partial charge < -0.3 is 10.2 Å². The Morgan fingerprint density at radius 2 is 1.86 bits per heavy atom. The van der Waals surface area contributed by atoms with Gasteiger partial charge in [-0.05, 0) is 49.3 Å². The van der Waals surface area contributed by atoms with E-state index in [1.165, 1.54) is 25.5 Å². The Kier molecular flexibility index (Phi) is 3.89. The second kappa shape index (κ2) is 5.57. The zero-order chi connectivity index (χ0) is 15.9. The van der Waals surface area contributed by atoms with E-state index in [0.717, 1.165) is 13.1 Å². The van der Waals surface area contributed by atoms with Gasteiger partial charge in [0.25, 0.3) is 0 Å². The van der Waals surface area contributed by atoms with Crippen molar-refractivity contribution in [2.24, 2.45) is 11.8 Å². The lowest BCUT2D eigenvalue weighted by Gasteiger charge is -2.18. The first kappa shape index (κ1) is 15.3. The topological polar surface area (TPSA) is 66.5 Å². The Balaban J connectivity index is 1.72. The number of hydrogen-bond donors (Lipinski definition) is 1. The first-order valence-corrected chi connectivity index (χ1v) is 9.60. The zero-order valence-corrected chi connectivity index (χ0v) is 13.8. The highest BCUT2D eigenvalue weighted by Gasteiger charge is 2.38. The summed E-state index contributed by atoms with van der Waals surface area (Å²) in [6.45, 7) is 3.40. The highest BCUT2D eigenvalue weighted by Crippen LogP contribution is 2.37. The van der Waals surface area contributed by atoms with Crippen molar-refractivity contribution < 1.29 is 13.2 Å². The molecule has 0 radical (unpaired) electrons. The van der Waals surface area contributed by atoms with Crippen LogP contribution in [0.3, 0.4) is 0 Å². The molecule has 1 heterocycles. The summed E-state index contributed by atoms with van der Waals surface area (Å²) in [7, 11) is -3.29. The van der Waals surface area contributed by atoms with Gasteiger partial charge in [0.1, 0.15) is 0 Å². The molecule has 0 aromatic heterocycles. The van der Waals surface area contributed by atoms with E-state index in [1.807, 2.05) is 4.90 Å². The van der Waals surface area contributed by atoms with Gasteiger partial charge >= 0.3 is 6.03 Å². The smallest absolute Gasteiger partial charge is 0.321 e. The fourth-order valence-electron chi connectivity index (χ4n) is 3.68. The summed E-state index contributed by atoms with van der Waals surface area (Å²) < 4.78 is 23.5. The summed E-state index contributed by atoms with van der Waals surface area (Å²) in [6, 6.07) is 4.89. The summed E-state index contributed by atoms with van der Waals surface area (Å²) in [5.74, 6) is 1.30. The first-order chi connectivity index (χ1) is 10.3. The maximum atomic E-state index is 12.4. The average molecular weight is 322 g/mol. The maximum absolute atomic E-state index is 12.4. The number of fused-ring (bicyclic) bond motifs is 1. The number of carbonyl (C=O) groups excluding carboxylic acids is 1. The van der Waals surface area contributed by atoms with Crippen LogP contribution in [0.4, 0.5) is 10.5 Å². The first-order valence-electron chi connectivity index (χ1n) is 7.71. The zero-order valence-electron chi connectivity index (χ0n) is 13.0. The lowest BCUT2D eigenvalue weighted by Crippen LogP contribution is -2.33. The van der Waals surface area contributed by atoms with Gasteiger partial charge in [-0.25, -0.2) is 13.2 Å². The maximum Gasteiger partial charge on any atom is 0.321 e. The van der Waals surface area contributed by atoms with Crippen molar-refractivity contribution >= 4 is 21.6 Å². The SMILES string of the molecule is Cc1ccc(NC(=O)N2CC3CCCC3C2)cc1S(C)(=O)=O. The standard InChI is InChI=1S/C16H22N2O3S/c1-11-6-7-14(8-15(11)22(2,20)21)17-16(19)18-9-12-4-3-5-13(12)10-18/h6-8,12-13H,3-5,9-10H2,1-2H3,(H,17,19). The van der Waals surface area contributed by atoms with Gasteiger partial charge in [-0.2, -0.15) is 0 Å². The van der Waals surface area contributed by atoms with E-state index in [2.05, 4.69) is 5.32 Å². The molecule has 1 saturated carbocycles. The molecule has 2 aliphatic rings. The predicted octanol–water partition coefficient (Wildman–Crippen LogP) is 2.66. The Labute approximate surface area is 131 Å². The second-order valence-corrected chi connectivity index (χ2v) is 8.52. The quantitative estimate of drug-likeness (QED) is 0.910. The molecule has 1 aliphatic carbocycles. The van der Waals surface area contributed by atoms with Gasteiger partial charge in [0, 0.05) is 25.0 Å². The van der Waals surface area contributed by atoms with Crippen LogP contribution in [0.25, 0.3) is 0 Å². The summed E-state index contributed by atoms with van der Waals surface area (Å²) in [5, 5.41) is 2.84. The van der Waals surface area contributed by atoms with E-state index < -0.39 is 9.84 Å². The molecule has 2 unspecified atom stereocenters. The lowest BCUT2D eigenvalue weighted by atomic mass is 10.0. The Morgan fingerprint density at radius 3 is 2.45 bits per heavy atom. The van der Waals surface area contributed by atoms with Crippen molar-refractivity contribution in [3.8, 4) is 0 Å². The van der Waals surface area contributed by atoms with Crippen molar-refractivity contribution in [1.82, 2.24) is 4.90 Å². The fraction of sp³-hybridized carbons (Fsp3) is 0.562. The van der Waals surface area contributed by atoms with Crippen molar-refractivity contribution in [1.29, 1.82) is 0 Å². The minimum Gasteiger partial charge on any atom is -0.324 e. The Bertz CT molecular complexity index is 687. The number of benzene rings is 1. The number of sulfone groups is 1. The normalized spacial score (nSPS) is 24.4. The molecule has 1 N–H and O–H groups in total. The number of carbonyl (C=O) groups is 1. The van der Waals surface area contributed by atoms with Crippen LogP contribution in [0.1, 0.15) is 24.8 Å². The number of rotatable bonds is 2. The molecule has 2 fully saturated rings. The third-order valence-electron chi connectivity index (χ3n) is 4.85. The molecule has 1 aromatic rings. The predicted molar refractivity (Wildman–Crippen MR) is 85.7 cm³/mol. The number of hydrogen-bond acceptors (Lipinski definition) is 3. The van der Waals surface area contributed by atoms with Crippen molar-refractivity contribution in [3.05, 3.63) is 23.8 Å². The van der Waals surface area contributed by atoms with Crippen LogP contribution in [0, 0.1) is 18.8 Å². The van der Waals surface area contributed by atoms with E-state index >= 15 is 0 Å². The summed E-state index contributed by atoms with van der Waals surface area (Å²) in [6.07, 6.45) is 4.90. The number of aryl methyl sites for hydroxylation is 1. The molecule has 120 valence electrons. The van der Waals surface area contributed by atoms with Crippen molar-refractivity contribution in [2.45, 2.75) is 31.1 Å². The summed E-state index contributed by atoms with van der Waals surface area (Å²) in [4.78, 5) is 14.5. The van der Waals surface area contributed by atoms with Gasteiger partial charge in [-0.1, -0.05) is 12.5 Å². The molecule has 22 heavy (non-hydrogen) atoms. The third-order valence-corrected chi connectivity index (χ3v) is 6.09. The van der Waals surface area contributed by atoms with Gasteiger partial charge in [-0.15, -0.1) is 0 Å². The van der Waals surface area contributed by atoms with Crippen molar-refractivity contribution in [2.75, 3.05) is 24.7 Å². The molecule has 5 nitrogen and oxygen atoms in total. The minimum absolute atomic E-state index is 0.127. The van der Waals surface area contributed by atoms with Crippen LogP contribution in [0.5, 0.6) is 0 Å². The van der Waals surface area contributed by atoms with Gasteiger partial charge in [0.2, 0.25) is 0 Å². The van der Waals surface area contributed by atoms with Crippen LogP contribution in [-0.2, 0) is 9.84 Å². The van der Waals surface area contributed by atoms with Crippen molar-refractivity contribution in [3.63, 3.8) is 0 Å². The summed E-state index contributed by atoms with van der Waals surface area (Å²) in [5.41, 5.74) is 1.23. The molecule has 0 spiro atoms. The summed E-state index contributed by atoms with van der Waals surface area (Å²) >= 11 is 0. The average Bonchev–Trinajstić information content (AvgIpc) is 3.00. The van der Waals surface area contributed by atoms with Crippen LogP contribution >= 0.6 is 0 Å². The largest absolute Gasteiger partial charge is 0.324 e. The van der Waals surface area contributed by atoms with E-state index in [4.69, 9.17) is 0 Å². The Hall–Kier alpha value is -1.56. The highest BCUT2D eigenvalue weighted by molar-refractivity contribution is 7.90. The molecular weight excluding hydrogens is 300 g/mol. The number of urea groups is 1. The van der Waals surface area contributed by atoms with Crippen LogP contribution in [-0.4, -0.2) is 38.7 Å². The monoisotopic (exact) mass is 322 g/mol. The molecule has 1 saturated heterocycles. The lowest BCUT2D eigenvalue weighted by molar-refractivity contribution is 0.219. The third kappa shape index (κ3) is 2.97. The number of anilines is 1. The molecule has 2 atom stereocenters. The number of likely N-dealkylation sites (tertiary alicyclic amines) is 1. The molecule has 1 aliphatic heterocycles. The molecule has 1 aromatic carbocycles. The van der Waals surface area contributed by atoms with Gasteiger partial charge in [0.15, 0.2) is 9.84 Å². The number of nitrogens with zero attached hydrogens (tertiary/aromatic N) is 1. The number of amides is 2. The second-order valence-electron chi connectivity index (χ2n) is 6.54.